The highest BCUT2D eigenvalue weighted by Crippen LogP contribution is 2.44. The molecule has 4 heteroatoms. The lowest BCUT2D eigenvalue weighted by Gasteiger charge is -2.28. The quantitative estimate of drug-likeness (QED) is 0.534. The fourth-order valence-electron chi connectivity index (χ4n) is 3.06. The van der Waals surface area contributed by atoms with Gasteiger partial charge in [0.25, 0.3) is 0 Å². The van der Waals surface area contributed by atoms with E-state index in [9.17, 15) is 0 Å². The van der Waals surface area contributed by atoms with Crippen molar-refractivity contribution in [2.75, 3.05) is 36.4 Å². The molecule has 0 aliphatic heterocycles. The zero-order valence-corrected chi connectivity index (χ0v) is 14.9. The van der Waals surface area contributed by atoms with Crippen LogP contribution in [0.15, 0.2) is 72.8 Å². The van der Waals surface area contributed by atoms with Crippen molar-refractivity contribution in [3.63, 3.8) is 0 Å². The number of nitrogens with two attached hydrogens (primary N) is 1. The van der Waals surface area contributed by atoms with Crippen LogP contribution < -0.4 is 21.1 Å². The van der Waals surface area contributed by atoms with Crippen LogP contribution >= 0.6 is 0 Å². The summed E-state index contributed by atoms with van der Waals surface area (Å²) in [5.74, 6) is 6.51. The number of rotatable bonds is 5. The van der Waals surface area contributed by atoms with E-state index in [2.05, 4.69) is 48.6 Å². The normalized spacial score (nSPS) is 10.4. The summed E-state index contributed by atoms with van der Waals surface area (Å²) in [6.45, 7) is 0. The highest BCUT2D eigenvalue weighted by molar-refractivity contribution is 5.97. The van der Waals surface area contributed by atoms with E-state index in [-0.39, 0.29) is 0 Å². The Balaban J connectivity index is 2.27. The molecule has 0 aliphatic carbocycles. The zero-order chi connectivity index (χ0) is 17.8. The summed E-state index contributed by atoms with van der Waals surface area (Å²) in [6, 6.07) is 24.5. The van der Waals surface area contributed by atoms with Crippen LogP contribution in [0, 0.1) is 0 Å². The van der Waals surface area contributed by atoms with E-state index < -0.39 is 0 Å². The lowest BCUT2D eigenvalue weighted by molar-refractivity contribution is 1.08. The SMILES string of the molecule is CNc1ccc(N(N)c2ccccc2)c(-c2ccccc2)c1N(C)C. The van der Waals surface area contributed by atoms with Crippen LogP contribution in [-0.4, -0.2) is 21.1 Å². The number of benzene rings is 3. The van der Waals surface area contributed by atoms with E-state index in [4.69, 9.17) is 5.84 Å². The molecule has 0 atom stereocenters. The van der Waals surface area contributed by atoms with Crippen LogP contribution in [0.2, 0.25) is 0 Å². The van der Waals surface area contributed by atoms with Crippen LogP contribution in [0.4, 0.5) is 22.7 Å². The summed E-state index contributed by atoms with van der Waals surface area (Å²) in [6.07, 6.45) is 0. The van der Waals surface area contributed by atoms with E-state index in [0.717, 1.165) is 33.9 Å². The van der Waals surface area contributed by atoms with Crippen molar-refractivity contribution in [3.05, 3.63) is 72.8 Å². The Hall–Kier alpha value is -2.98. The maximum Gasteiger partial charge on any atom is 0.0698 e. The van der Waals surface area contributed by atoms with Gasteiger partial charge in [-0.05, 0) is 29.8 Å². The fraction of sp³-hybridized carbons (Fsp3) is 0.143. The number of hydrogen-bond acceptors (Lipinski definition) is 4. The Morgan fingerprint density at radius 1 is 0.800 bits per heavy atom. The molecule has 0 unspecified atom stereocenters. The monoisotopic (exact) mass is 332 g/mol. The van der Waals surface area contributed by atoms with Gasteiger partial charge >= 0.3 is 0 Å². The molecule has 0 radical (unpaired) electrons. The maximum absolute atomic E-state index is 6.51. The van der Waals surface area contributed by atoms with Gasteiger partial charge in [-0.15, -0.1) is 0 Å². The van der Waals surface area contributed by atoms with Gasteiger partial charge < -0.3 is 10.2 Å². The Morgan fingerprint density at radius 2 is 1.40 bits per heavy atom. The molecule has 3 N–H and O–H groups in total. The molecule has 0 amide bonds. The molecule has 3 rings (SSSR count). The van der Waals surface area contributed by atoms with Gasteiger partial charge in [-0.25, -0.2) is 5.84 Å². The predicted octanol–water partition coefficient (Wildman–Crippen LogP) is 4.47. The van der Waals surface area contributed by atoms with Crippen molar-refractivity contribution in [2.24, 2.45) is 5.84 Å². The summed E-state index contributed by atoms with van der Waals surface area (Å²) in [4.78, 5) is 2.12. The molecule has 0 saturated carbocycles. The summed E-state index contributed by atoms with van der Waals surface area (Å²) >= 11 is 0. The Kier molecular flexibility index (Phi) is 4.91. The molecular formula is C21H24N4. The van der Waals surface area contributed by atoms with E-state index in [0.29, 0.717) is 0 Å². The van der Waals surface area contributed by atoms with Gasteiger partial charge in [-0.2, -0.15) is 0 Å². The van der Waals surface area contributed by atoms with Crippen LogP contribution in [-0.2, 0) is 0 Å². The standard InChI is InChI=1S/C21H24N4/c1-23-18-14-15-19(25(22)17-12-8-5-9-13-17)20(21(18)24(2)3)16-10-6-4-7-11-16/h4-15,23H,22H2,1-3H3. The molecule has 128 valence electrons. The molecule has 3 aromatic carbocycles. The highest BCUT2D eigenvalue weighted by Gasteiger charge is 2.19. The molecule has 0 spiro atoms. The summed E-state index contributed by atoms with van der Waals surface area (Å²) in [5, 5.41) is 5.04. The predicted molar refractivity (Wildman–Crippen MR) is 109 cm³/mol. The van der Waals surface area contributed by atoms with E-state index in [1.807, 2.05) is 55.6 Å². The van der Waals surface area contributed by atoms with E-state index in [1.54, 1.807) is 5.01 Å². The summed E-state index contributed by atoms with van der Waals surface area (Å²) in [5.41, 5.74) is 6.31. The van der Waals surface area contributed by atoms with Gasteiger partial charge in [0.05, 0.1) is 22.7 Å². The Labute approximate surface area is 149 Å². The number of anilines is 4. The third kappa shape index (κ3) is 3.30. The Morgan fingerprint density at radius 3 is 1.96 bits per heavy atom. The molecule has 4 nitrogen and oxygen atoms in total. The third-order valence-corrected chi connectivity index (χ3v) is 4.23. The molecule has 0 heterocycles. The van der Waals surface area contributed by atoms with E-state index in [1.165, 1.54) is 0 Å². The molecule has 0 aliphatic rings. The number of para-hydroxylation sites is 1. The van der Waals surface area contributed by atoms with Crippen LogP contribution in [0.25, 0.3) is 11.1 Å². The minimum atomic E-state index is 0.946. The lowest BCUT2D eigenvalue weighted by atomic mass is 9.99. The average molecular weight is 332 g/mol. The maximum atomic E-state index is 6.51. The molecule has 0 bridgehead atoms. The largest absolute Gasteiger partial charge is 0.386 e. The topological polar surface area (TPSA) is 44.5 Å². The van der Waals surface area contributed by atoms with Crippen LogP contribution in [0.5, 0.6) is 0 Å². The minimum absolute atomic E-state index is 0.946. The van der Waals surface area contributed by atoms with Gasteiger partial charge in [0.2, 0.25) is 0 Å². The highest BCUT2D eigenvalue weighted by atomic mass is 15.4. The number of hydrazine groups is 1. The van der Waals surface area contributed by atoms with Crippen molar-refractivity contribution in [1.29, 1.82) is 0 Å². The van der Waals surface area contributed by atoms with Gasteiger partial charge in [-0.1, -0.05) is 48.5 Å². The van der Waals surface area contributed by atoms with Crippen molar-refractivity contribution in [1.82, 2.24) is 0 Å². The van der Waals surface area contributed by atoms with Gasteiger partial charge in [0.1, 0.15) is 0 Å². The second-order valence-corrected chi connectivity index (χ2v) is 6.07. The van der Waals surface area contributed by atoms with Crippen LogP contribution in [0.1, 0.15) is 0 Å². The summed E-state index contributed by atoms with van der Waals surface area (Å²) < 4.78 is 0. The van der Waals surface area contributed by atoms with Crippen molar-refractivity contribution in [2.45, 2.75) is 0 Å². The van der Waals surface area contributed by atoms with Gasteiger partial charge in [-0.3, -0.25) is 5.01 Å². The third-order valence-electron chi connectivity index (χ3n) is 4.23. The smallest absolute Gasteiger partial charge is 0.0698 e. The number of nitrogens with one attached hydrogen (secondary N) is 1. The van der Waals surface area contributed by atoms with E-state index >= 15 is 0 Å². The first-order valence-electron chi connectivity index (χ1n) is 8.31. The number of hydrogen-bond donors (Lipinski definition) is 2. The first-order chi connectivity index (χ1) is 12.1. The number of nitrogens with zero attached hydrogens (tertiary/aromatic N) is 2. The first-order valence-corrected chi connectivity index (χ1v) is 8.31. The van der Waals surface area contributed by atoms with Gasteiger partial charge in [0.15, 0.2) is 0 Å². The Bertz CT molecular complexity index is 829. The molecule has 0 fully saturated rings. The second kappa shape index (κ2) is 7.28. The van der Waals surface area contributed by atoms with Crippen LogP contribution in [0.3, 0.4) is 0 Å². The molecule has 25 heavy (non-hydrogen) atoms. The van der Waals surface area contributed by atoms with Crippen molar-refractivity contribution in [3.8, 4) is 11.1 Å². The average Bonchev–Trinajstić information content (AvgIpc) is 2.67. The molecule has 0 saturated heterocycles. The zero-order valence-electron chi connectivity index (χ0n) is 14.9. The van der Waals surface area contributed by atoms with Gasteiger partial charge in [0, 0.05) is 26.7 Å². The first kappa shape index (κ1) is 16.9. The van der Waals surface area contributed by atoms with Crippen molar-refractivity contribution < 1.29 is 0 Å². The summed E-state index contributed by atoms with van der Waals surface area (Å²) in [7, 11) is 6.04. The molecule has 3 aromatic rings. The lowest BCUT2D eigenvalue weighted by Crippen LogP contribution is -2.26. The molecular weight excluding hydrogens is 308 g/mol. The molecule has 0 aromatic heterocycles. The minimum Gasteiger partial charge on any atom is -0.386 e. The van der Waals surface area contributed by atoms with Crippen molar-refractivity contribution >= 4 is 22.7 Å². The fourth-order valence-corrected chi connectivity index (χ4v) is 3.06. The second-order valence-electron chi connectivity index (χ2n) is 6.07.